The maximum Gasteiger partial charge on any atom is 0.337 e. The van der Waals surface area contributed by atoms with Crippen LogP contribution in [0.15, 0.2) is 78.9 Å². The number of hydrogen-bond acceptors (Lipinski definition) is 2. The monoisotopic (exact) mass is 331 g/mol. The minimum absolute atomic E-state index is 0.340. The molecule has 0 bridgehead atoms. The highest BCUT2D eigenvalue weighted by atomic mass is 16.4. The summed E-state index contributed by atoms with van der Waals surface area (Å²) in [5.41, 5.74) is 4.39. The van der Waals surface area contributed by atoms with Crippen LogP contribution in [0, 0.1) is 6.92 Å². The van der Waals surface area contributed by atoms with Crippen LogP contribution in [0.4, 0.5) is 5.69 Å². The zero-order valence-corrected chi connectivity index (χ0v) is 14.2. The first-order chi connectivity index (χ1) is 12.1. The number of nitrogens with zero attached hydrogens (tertiary/aromatic N) is 1. The predicted octanol–water partition coefficient (Wildman–Crippen LogP) is 4.90. The van der Waals surface area contributed by atoms with Gasteiger partial charge in [-0.3, -0.25) is 0 Å². The van der Waals surface area contributed by atoms with Crippen LogP contribution in [0.25, 0.3) is 0 Å². The molecule has 0 aliphatic carbocycles. The van der Waals surface area contributed by atoms with Crippen molar-refractivity contribution in [1.82, 2.24) is 0 Å². The summed E-state index contributed by atoms with van der Waals surface area (Å²) in [6.07, 6.45) is 0. The van der Waals surface area contributed by atoms with Crippen LogP contribution in [0.1, 0.15) is 27.0 Å². The van der Waals surface area contributed by atoms with Gasteiger partial charge in [-0.15, -0.1) is 0 Å². The lowest BCUT2D eigenvalue weighted by atomic mass is 10.0. The van der Waals surface area contributed by atoms with Crippen LogP contribution < -0.4 is 4.90 Å². The lowest BCUT2D eigenvalue weighted by molar-refractivity contribution is 0.0697. The molecular formula is C22H21NO2. The van der Waals surface area contributed by atoms with Crippen molar-refractivity contribution in [3.05, 3.63) is 101 Å². The summed E-state index contributed by atoms with van der Waals surface area (Å²) in [5.74, 6) is -0.898. The van der Waals surface area contributed by atoms with E-state index in [-0.39, 0.29) is 0 Å². The molecule has 126 valence electrons. The van der Waals surface area contributed by atoms with Gasteiger partial charge in [0.1, 0.15) is 0 Å². The molecule has 0 spiro atoms. The van der Waals surface area contributed by atoms with Crippen molar-refractivity contribution in [1.29, 1.82) is 0 Å². The molecule has 3 rings (SSSR count). The quantitative estimate of drug-likeness (QED) is 0.698. The molecule has 0 radical (unpaired) electrons. The van der Waals surface area contributed by atoms with Crippen molar-refractivity contribution >= 4 is 11.7 Å². The van der Waals surface area contributed by atoms with E-state index in [1.54, 1.807) is 12.1 Å². The van der Waals surface area contributed by atoms with E-state index >= 15 is 0 Å². The highest BCUT2D eigenvalue weighted by Gasteiger charge is 2.19. The molecule has 3 nitrogen and oxygen atoms in total. The summed E-state index contributed by atoms with van der Waals surface area (Å²) >= 11 is 0. The number of carbonyl (C=O) groups is 1. The van der Waals surface area contributed by atoms with E-state index in [1.807, 2.05) is 49.4 Å². The van der Waals surface area contributed by atoms with Crippen LogP contribution in [-0.2, 0) is 13.1 Å². The Morgan fingerprint density at radius 2 is 1.32 bits per heavy atom. The third-order valence-electron chi connectivity index (χ3n) is 4.22. The van der Waals surface area contributed by atoms with Gasteiger partial charge in [-0.05, 0) is 29.7 Å². The second kappa shape index (κ2) is 7.67. The number of anilines is 1. The fourth-order valence-corrected chi connectivity index (χ4v) is 3.07. The van der Waals surface area contributed by atoms with Gasteiger partial charge in [0.05, 0.1) is 11.3 Å². The van der Waals surface area contributed by atoms with Crippen molar-refractivity contribution in [2.75, 3.05) is 4.90 Å². The first kappa shape index (κ1) is 16.8. The molecule has 3 aromatic rings. The SMILES string of the molecule is Cc1cccc(C(=O)O)c1N(Cc1ccccc1)Cc1ccccc1. The Morgan fingerprint density at radius 3 is 1.80 bits per heavy atom. The van der Waals surface area contributed by atoms with E-state index in [2.05, 4.69) is 29.2 Å². The summed E-state index contributed by atoms with van der Waals surface area (Å²) < 4.78 is 0. The zero-order valence-electron chi connectivity index (χ0n) is 14.2. The van der Waals surface area contributed by atoms with Gasteiger partial charge in [0.15, 0.2) is 0 Å². The molecule has 3 heteroatoms. The number of aryl methyl sites for hydroxylation is 1. The molecule has 0 saturated carbocycles. The lowest BCUT2D eigenvalue weighted by Crippen LogP contribution is -2.25. The number of carboxylic acids is 1. The molecular weight excluding hydrogens is 310 g/mol. The summed E-state index contributed by atoms with van der Waals surface area (Å²) in [7, 11) is 0. The second-order valence-corrected chi connectivity index (χ2v) is 6.10. The Morgan fingerprint density at radius 1 is 0.800 bits per heavy atom. The van der Waals surface area contributed by atoms with Crippen molar-refractivity contribution in [2.45, 2.75) is 20.0 Å². The number of hydrogen-bond donors (Lipinski definition) is 1. The van der Waals surface area contributed by atoms with Crippen LogP contribution in [0.5, 0.6) is 0 Å². The molecule has 0 fully saturated rings. The summed E-state index contributed by atoms with van der Waals surface area (Å²) in [4.78, 5) is 13.9. The summed E-state index contributed by atoms with van der Waals surface area (Å²) in [5, 5.41) is 9.64. The molecule has 0 aromatic heterocycles. The Kier molecular flexibility index (Phi) is 5.14. The van der Waals surface area contributed by atoms with Crippen LogP contribution >= 0.6 is 0 Å². The van der Waals surface area contributed by atoms with Gasteiger partial charge in [-0.2, -0.15) is 0 Å². The Balaban J connectivity index is 2.03. The minimum Gasteiger partial charge on any atom is -0.478 e. The fourth-order valence-electron chi connectivity index (χ4n) is 3.07. The topological polar surface area (TPSA) is 40.5 Å². The molecule has 3 aromatic carbocycles. The van der Waals surface area contributed by atoms with Gasteiger partial charge in [0.25, 0.3) is 0 Å². The third-order valence-corrected chi connectivity index (χ3v) is 4.22. The highest BCUT2D eigenvalue weighted by Crippen LogP contribution is 2.28. The molecule has 0 aliphatic rings. The van der Waals surface area contributed by atoms with E-state index < -0.39 is 5.97 Å². The van der Waals surface area contributed by atoms with E-state index in [0.717, 1.165) is 22.4 Å². The normalized spacial score (nSPS) is 10.4. The highest BCUT2D eigenvalue weighted by molar-refractivity contribution is 5.95. The minimum atomic E-state index is -0.898. The smallest absolute Gasteiger partial charge is 0.337 e. The van der Waals surface area contributed by atoms with Gasteiger partial charge in [0.2, 0.25) is 0 Å². The molecule has 0 amide bonds. The predicted molar refractivity (Wildman–Crippen MR) is 101 cm³/mol. The Hall–Kier alpha value is -3.07. The van der Waals surface area contributed by atoms with Crippen LogP contribution in [0.2, 0.25) is 0 Å². The molecule has 0 aliphatic heterocycles. The largest absolute Gasteiger partial charge is 0.478 e. The zero-order chi connectivity index (χ0) is 17.6. The number of aromatic carboxylic acids is 1. The van der Waals surface area contributed by atoms with Gasteiger partial charge in [-0.25, -0.2) is 4.79 Å². The van der Waals surface area contributed by atoms with Crippen molar-refractivity contribution < 1.29 is 9.90 Å². The van der Waals surface area contributed by atoms with E-state index in [9.17, 15) is 9.90 Å². The average molecular weight is 331 g/mol. The van der Waals surface area contributed by atoms with Gasteiger partial charge in [0, 0.05) is 13.1 Å². The second-order valence-electron chi connectivity index (χ2n) is 6.10. The molecule has 0 atom stereocenters. The molecule has 1 N–H and O–H groups in total. The lowest BCUT2D eigenvalue weighted by Gasteiger charge is -2.28. The standard InChI is InChI=1S/C22H21NO2/c1-17-9-8-14-20(22(24)25)21(17)23(15-18-10-4-2-5-11-18)16-19-12-6-3-7-13-19/h2-14H,15-16H2,1H3,(H,24,25). The average Bonchev–Trinajstić information content (AvgIpc) is 2.62. The van der Waals surface area contributed by atoms with Gasteiger partial charge < -0.3 is 10.0 Å². The van der Waals surface area contributed by atoms with E-state index in [1.165, 1.54) is 0 Å². The maximum atomic E-state index is 11.8. The van der Waals surface area contributed by atoms with Crippen molar-refractivity contribution in [2.24, 2.45) is 0 Å². The molecule has 0 unspecified atom stereocenters. The van der Waals surface area contributed by atoms with Crippen LogP contribution in [0.3, 0.4) is 0 Å². The molecule has 25 heavy (non-hydrogen) atoms. The van der Waals surface area contributed by atoms with Crippen molar-refractivity contribution in [3.63, 3.8) is 0 Å². The third kappa shape index (κ3) is 4.07. The molecule has 0 saturated heterocycles. The van der Waals surface area contributed by atoms with Gasteiger partial charge in [-0.1, -0.05) is 72.8 Å². The van der Waals surface area contributed by atoms with E-state index in [0.29, 0.717) is 18.7 Å². The maximum absolute atomic E-state index is 11.8. The Bertz CT molecular complexity index is 803. The number of para-hydroxylation sites is 1. The van der Waals surface area contributed by atoms with Gasteiger partial charge >= 0.3 is 5.97 Å². The summed E-state index contributed by atoms with van der Waals surface area (Å²) in [6.45, 7) is 3.27. The van der Waals surface area contributed by atoms with E-state index in [4.69, 9.17) is 0 Å². The first-order valence-corrected chi connectivity index (χ1v) is 8.31. The first-order valence-electron chi connectivity index (χ1n) is 8.31. The summed E-state index contributed by atoms with van der Waals surface area (Å²) in [6, 6.07) is 25.7. The number of carboxylic acid groups (broad SMARTS) is 1. The Labute approximate surface area is 148 Å². The number of rotatable bonds is 6. The van der Waals surface area contributed by atoms with Crippen molar-refractivity contribution in [3.8, 4) is 0 Å². The molecule has 0 heterocycles. The van der Waals surface area contributed by atoms with Crippen LogP contribution in [-0.4, -0.2) is 11.1 Å². The number of benzene rings is 3. The fraction of sp³-hybridized carbons (Fsp3) is 0.136.